The summed E-state index contributed by atoms with van der Waals surface area (Å²) in [7, 11) is 1.28. The zero-order valence-electron chi connectivity index (χ0n) is 26.3. The third-order valence-corrected chi connectivity index (χ3v) is 7.23. The van der Waals surface area contributed by atoms with Crippen LogP contribution < -0.4 is 14.8 Å². The summed E-state index contributed by atoms with van der Waals surface area (Å²) in [5, 5.41) is 3.07. The van der Waals surface area contributed by atoms with Crippen LogP contribution in [0.25, 0.3) is 0 Å². The van der Waals surface area contributed by atoms with Crippen LogP contribution in [0.3, 0.4) is 0 Å². The van der Waals surface area contributed by atoms with Crippen molar-refractivity contribution in [3.05, 3.63) is 23.8 Å². The fourth-order valence-corrected chi connectivity index (χ4v) is 3.28. The molecule has 1 aromatic rings. The third kappa shape index (κ3) is 12.5. The van der Waals surface area contributed by atoms with Crippen molar-refractivity contribution in [2.45, 2.75) is 87.3 Å². The van der Waals surface area contributed by atoms with Crippen LogP contribution in [0.4, 0.5) is 4.79 Å². The zero-order chi connectivity index (χ0) is 31.3. The lowest BCUT2D eigenvalue weighted by Gasteiger charge is -2.21. The molecule has 0 aliphatic rings. The molecular weight excluding hydrogens is 530 g/mol. The summed E-state index contributed by atoms with van der Waals surface area (Å²) in [4.78, 5) is 50.0. The molecule has 0 aliphatic heterocycles. The first-order chi connectivity index (χ1) is 19.2. The molecule has 5 atom stereocenters. The maximum Gasteiger partial charge on any atom is 0.508 e. The van der Waals surface area contributed by atoms with Gasteiger partial charge in [0.15, 0.2) is 11.5 Å². The fraction of sp³-hybridized carbons (Fsp3) is 0.677. The normalized spacial score (nSPS) is 14.9. The van der Waals surface area contributed by atoms with E-state index in [0.29, 0.717) is 5.56 Å². The predicted octanol–water partition coefficient (Wildman–Crippen LogP) is 5.34. The van der Waals surface area contributed by atoms with Gasteiger partial charge in [-0.15, -0.1) is 0 Å². The molecule has 0 aromatic heterocycles. The Balaban J connectivity index is 3.09. The SMILES string of the molecule is CCC(C)COC(=O)OC(C)CN[C@@H](Cc1ccc(OC(=O)C(C)C(C)C)c(OC(=O)C(C)C(C)C)c1)C(=O)OC. The maximum absolute atomic E-state index is 12.8. The number of esters is 3. The van der Waals surface area contributed by atoms with Gasteiger partial charge in [0.25, 0.3) is 0 Å². The highest BCUT2D eigenvalue weighted by Crippen LogP contribution is 2.31. The first-order valence-corrected chi connectivity index (χ1v) is 14.4. The molecule has 10 nitrogen and oxygen atoms in total. The Morgan fingerprint density at radius 2 is 1.37 bits per heavy atom. The molecule has 0 aliphatic carbocycles. The number of carbonyl (C=O) groups excluding carboxylic acids is 4. The van der Waals surface area contributed by atoms with E-state index < -0.39 is 36.2 Å². The fourth-order valence-electron chi connectivity index (χ4n) is 3.28. The van der Waals surface area contributed by atoms with Gasteiger partial charge in [-0.2, -0.15) is 0 Å². The number of rotatable bonds is 16. The number of ether oxygens (including phenoxy) is 5. The lowest BCUT2D eigenvalue weighted by Crippen LogP contribution is -2.43. The summed E-state index contributed by atoms with van der Waals surface area (Å²) in [6.45, 7) is 17.3. The van der Waals surface area contributed by atoms with E-state index in [2.05, 4.69) is 5.32 Å². The van der Waals surface area contributed by atoms with Gasteiger partial charge in [0.05, 0.1) is 25.6 Å². The van der Waals surface area contributed by atoms with Gasteiger partial charge in [0, 0.05) is 6.54 Å². The Kier molecular flexibility index (Phi) is 15.4. The number of methoxy groups -OCH3 is 1. The average molecular weight is 580 g/mol. The van der Waals surface area contributed by atoms with Gasteiger partial charge < -0.3 is 29.0 Å². The summed E-state index contributed by atoms with van der Waals surface area (Å²) in [6.07, 6.45) is -0.305. The van der Waals surface area contributed by atoms with Crippen LogP contribution in [0, 0.1) is 29.6 Å². The number of benzene rings is 1. The van der Waals surface area contributed by atoms with Crippen LogP contribution in [-0.2, 0) is 35.0 Å². The highest BCUT2D eigenvalue weighted by atomic mass is 16.7. The van der Waals surface area contributed by atoms with Crippen LogP contribution in [0.5, 0.6) is 11.5 Å². The molecule has 0 heterocycles. The molecule has 1 N–H and O–H groups in total. The van der Waals surface area contributed by atoms with Crippen molar-refractivity contribution in [1.82, 2.24) is 5.32 Å². The Labute approximate surface area is 244 Å². The Morgan fingerprint density at radius 1 is 0.805 bits per heavy atom. The summed E-state index contributed by atoms with van der Waals surface area (Å²) in [6, 6.07) is 4.03. The van der Waals surface area contributed by atoms with Crippen LogP contribution in [0.15, 0.2) is 18.2 Å². The second-order valence-electron chi connectivity index (χ2n) is 11.4. The maximum atomic E-state index is 12.8. The second kappa shape index (κ2) is 17.6. The molecule has 4 unspecified atom stereocenters. The highest BCUT2D eigenvalue weighted by Gasteiger charge is 2.26. The van der Waals surface area contributed by atoms with Crippen molar-refractivity contribution in [2.75, 3.05) is 20.3 Å². The van der Waals surface area contributed by atoms with Gasteiger partial charge in [-0.25, -0.2) is 4.79 Å². The van der Waals surface area contributed by atoms with Gasteiger partial charge in [0.1, 0.15) is 12.1 Å². The minimum atomic E-state index is -0.797. The molecule has 232 valence electrons. The van der Waals surface area contributed by atoms with E-state index in [-0.39, 0.29) is 60.7 Å². The summed E-state index contributed by atoms with van der Waals surface area (Å²) in [5.74, 6) is -1.62. The van der Waals surface area contributed by atoms with E-state index in [1.54, 1.807) is 39.0 Å². The lowest BCUT2D eigenvalue weighted by molar-refractivity contribution is -0.143. The minimum absolute atomic E-state index is 0.0436. The van der Waals surface area contributed by atoms with Crippen LogP contribution in [0.1, 0.15) is 74.3 Å². The first-order valence-electron chi connectivity index (χ1n) is 14.4. The molecular formula is C31H49NO9. The minimum Gasteiger partial charge on any atom is -0.468 e. The standard InChI is InChI=1S/C31H49NO9/c1-11-20(6)17-38-31(36)39-21(7)16-32-25(30(35)37-10)14-24-12-13-26(40-28(33)22(8)18(2)3)27(15-24)41-29(34)23(9)19(4)5/h12-13,15,18-23,25,32H,11,14,16-17H2,1-10H3/t20?,21?,22?,23?,25-/m0/s1. The van der Waals surface area contributed by atoms with Crippen molar-refractivity contribution in [1.29, 1.82) is 0 Å². The molecule has 0 saturated carbocycles. The average Bonchev–Trinajstić information content (AvgIpc) is 2.93. The van der Waals surface area contributed by atoms with E-state index in [9.17, 15) is 19.2 Å². The first kappa shape index (κ1) is 35.9. The van der Waals surface area contributed by atoms with Gasteiger partial charge in [0.2, 0.25) is 0 Å². The van der Waals surface area contributed by atoms with Gasteiger partial charge >= 0.3 is 24.1 Å². The van der Waals surface area contributed by atoms with Crippen molar-refractivity contribution in [3.8, 4) is 11.5 Å². The lowest BCUT2D eigenvalue weighted by atomic mass is 9.98. The molecule has 1 rings (SSSR count). The highest BCUT2D eigenvalue weighted by molar-refractivity contribution is 5.79. The van der Waals surface area contributed by atoms with Crippen LogP contribution in [0.2, 0.25) is 0 Å². The summed E-state index contributed by atoms with van der Waals surface area (Å²) < 4.78 is 26.7. The molecule has 41 heavy (non-hydrogen) atoms. The number of hydrogen-bond donors (Lipinski definition) is 1. The largest absolute Gasteiger partial charge is 0.508 e. The topological polar surface area (TPSA) is 126 Å². The van der Waals surface area contributed by atoms with E-state index in [1.807, 2.05) is 41.5 Å². The van der Waals surface area contributed by atoms with Gasteiger partial charge in [-0.1, -0.05) is 67.9 Å². The monoisotopic (exact) mass is 579 g/mol. The van der Waals surface area contributed by atoms with E-state index in [4.69, 9.17) is 23.7 Å². The Bertz CT molecular complexity index is 1010. The van der Waals surface area contributed by atoms with Gasteiger partial charge in [-0.05, 0) is 48.8 Å². The van der Waals surface area contributed by atoms with Gasteiger partial charge in [-0.3, -0.25) is 14.4 Å². The molecule has 0 spiro atoms. The van der Waals surface area contributed by atoms with Crippen LogP contribution >= 0.6 is 0 Å². The molecule has 1 aromatic carbocycles. The summed E-state index contributed by atoms with van der Waals surface area (Å²) in [5.41, 5.74) is 0.631. The van der Waals surface area contributed by atoms with Crippen molar-refractivity contribution in [2.24, 2.45) is 29.6 Å². The van der Waals surface area contributed by atoms with E-state index in [0.717, 1.165) is 6.42 Å². The Hall–Kier alpha value is -3.14. The number of carbonyl (C=O) groups is 4. The molecule has 0 radical (unpaired) electrons. The van der Waals surface area contributed by atoms with Crippen molar-refractivity contribution >= 4 is 24.1 Å². The van der Waals surface area contributed by atoms with Crippen LogP contribution in [-0.4, -0.2) is 56.5 Å². The molecule has 0 saturated heterocycles. The van der Waals surface area contributed by atoms with Crippen molar-refractivity contribution in [3.63, 3.8) is 0 Å². The molecule has 0 fully saturated rings. The summed E-state index contributed by atoms with van der Waals surface area (Å²) >= 11 is 0. The van der Waals surface area contributed by atoms with E-state index >= 15 is 0 Å². The molecule has 10 heteroatoms. The number of nitrogens with one attached hydrogen (secondary N) is 1. The predicted molar refractivity (Wildman–Crippen MR) is 155 cm³/mol. The quantitative estimate of drug-likeness (QED) is 0.202. The molecule has 0 amide bonds. The van der Waals surface area contributed by atoms with Crippen molar-refractivity contribution < 1.29 is 42.9 Å². The van der Waals surface area contributed by atoms with E-state index in [1.165, 1.54) is 7.11 Å². The smallest absolute Gasteiger partial charge is 0.468 e. The second-order valence-corrected chi connectivity index (χ2v) is 11.4. The molecule has 0 bridgehead atoms. The number of hydrogen-bond acceptors (Lipinski definition) is 10. The Morgan fingerprint density at radius 3 is 1.88 bits per heavy atom. The third-order valence-electron chi connectivity index (χ3n) is 7.23. The zero-order valence-corrected chi connectivity index (χ0v) is 26.3.